The zero-order valence-electron chi connectivity index (χ0n) is 36.5. The molecule has 8 aromatic rings. The van der Waals surface area contributed by atoms with E-state index in [-0.39, 0.29) is 5.92 Å². The minimum absolute atomic E-state index is 0.185. The fraction of sp³-hybridized carbons (Fsp3) is 0.129. The Morgan fingerprint density at radius 2 is 0.935 bits per heavy atom. The summed E-state index contributed by atoms with van der Waals surface area (Å²) in [6.07, 6.45) is 15.4. The van der Waals surface area contributed by atoms with Crippen molar-refractivity contribution in [1.29, 1.82) is 0 Å². The van der Waals surface area contributed by atoms with Crippen molar-refractivity contribution in [3.05, 3.63) is 234 Å². The Morgan fingerprint density at radius 1 is 0.435 bits per heavy atom. The van der Waals surface area contributed by atoms with Gasteiger partial charge in [-0.2, -0.15) is 0 Å². The van der Waals surface area contributed by atoms with Crippen LogP contribution in [0, 0.1) is 6.92 Å². The van der Waals surface area contributed by atoms with Crippen LogP contribution in [0.15, 0.2) is 195 Å². The molecule has 0 bridgehead atoms. The number of fused-ring (bicyclic) bond motifs is 8. The summed E-state index contributed by atoms with van der Waals surface area (Å²) in [6, 6.07) is 52.5. The second-order valence-corrected chi connectivity index (χ2v) is 17.8. The van der Waals surface area contributed by atoms with Crippen LogP contribution >= 0.6 is 0 Å². The lowest BCUT2D eigenvalue weighted by molar-refractivity contribution is 0.869. The highest BCUT2D eigenvalue weighted by molar-refractivity contribution is 6.25. The molecule has 0 radical (unpaired) electrons. The molecule has 300 valence electrons. The maximum atomic E-state index is 4.55. The predicted octanol–water partition coefficient (Wildman–Crippen LogP) is 17.6. The molecule has 0 heterocycles. The Morgan fingerprint density at radius 3 is 1.60 bits per heavy atom. The van der Waals surface area contributed by atoms with E-state index < -0.39 is 0 Å². The predicted molar refractivity (Wildman–Crippen MR) is 271 cm³/mol. The van der Waals surface area contributed by atoms with Crippen molar-refractivity contribution in [2.45, 2.75) is 52.4 Å². The second kappa shape index (κ2) is 15.8. The Hall–Kier alpha value is -7.02. The van der Waals surface area contributed by atoms with E-state index in [1.165, 1.54) is 110 Å². The monoisotopic (exact) mass is 796 g/mol. The van der Waals surface area contributed by atoms with Gasteiger partial charge < -0.3 is 0 Å². The van der Waals surface area contributed by atoms with Gasteiger partial charge in [-0.25, -0.2) is 0 Å². The lowest BCUT2D eigenvalue weighted by atomic mass is 9.83. The average Bonchev–Trinajstić information content (AvgIpc) is 3.30. The smallest absolute Gasteiger partial charge is 0.000513 e. The Bertz CT molecular complexity index is 3240. The van der Waals surface area contributed by atoms with Crippen molar-refractivity contribution in [2.24, 2.45) is 0 Å². The quantitative estimate of drug-likeness (QED) is 0.152. The van der Waals surface area contributed by atoms with E-state index in [4.69, 9.17) is 0 Å². The molecule has 0 amide bonds. The number of aryl methyl sites for hydroxylation is 1. The summed E-state index contributed by atoms with van der Waals surface area (Å²) in [7, 11) is 0. The largest absolute Gasteiger partial charge is 0.0911 e. The topological polar surface area (TPSA) is 0 Å². The van der Waals surface area contributed by atoms with E-state index >= 15 is 0 Å². The van der Waals surface area contributed by atoms with E-state index in [0.29, 0.717) is 11.8 Å². The number of rotatable bonds is 5. The van der Waals surface area contributed by atoms with Crippen molar-refractivity contribution in [1.82, 2.24) is 0 Å². The summed E-state index contributed by atoms with van der Waals surface area (Å²) in [5.41, 5.74) is 19.7. The molecule has 0 spiro atoms. The average molecular weight is 797 g/mol. The van der Waals surface area contributed by atoms with E-state index in [9.17, 15) is 0 Å². The minimum Gasteiger partial charge on any atom is -0.0911 e. The third-order valence-electron chi connectivity index (χ3n) is 13.4. The first-order valence-corrected chi connectivity index (χ1v) is 22.1. The molecule has 62 heavy (non-hydrogen) atoms. The summed E-state index contributed by atoms with van der Waals surface area (Å²) in [4.78, 5) is 0. The number of benzene rings is 8. The first-order chi connectivity index (χ1) is 30.1. The van der Waals surface area contributed by atoms with Crippen LogP contribution in [0.3, 0.4) is 0 Å². The highest BCUT2D eigenvalue weighted by Crippen LogP contribution is 2.42. The normalized spacial score (nSPS) is 18.6. The van der Waals surface area contributed by atoms with Crippen LogP contribution in [0.4, 0.5) is 0 Å². The molecule has 0 saturated heterocycles. The third-order valence-corrected chi connectivity index (χ3v) is 13.4. The van der Waals surface area contributed by atoms with Crippen molar-refractivity contribution < 1.29 is 0 Å². The lowest BCUT2D eigenvalue weighted by Gasteiger charge is -2.22. The standard InChI is InChI=1S/C62H52/c1-38(2)59-34-46(48-24-28-51-41(5)20-21-44(33-43(7)61(51)36-48)47-23-27-50-39(3)14-8-9-15-40(4)60(50)35-47)25-30-57(59)52-29-22-45(32-42(52)6)49-26-31-58-55-18-11-10-16-53(55)54-17-12-13-19-56(54)62(58)37-49/h8-38,40,43H,3,5H2,1-2,4,6-7H3/b14-8-,15-9-,21-20-,44-33+. The summed E-state index contributed by atoms with van der Waals surface area (Å²) in [6.45, 7) is 20.4. The Kier molecular flexibility index (Phi) is 9.96. The maximum Gasteiger partial charge on any atom is 0.000513 e. The van der Waals surface area contributed by atoms with Crippen molar-refractivity contribution in [3.63, 3.8) is 0 Å². The SMILES string of the molecule is C=C1/C=C\C=C/C(C)c2cc(C3=C/C(C)c4cc(-c5ccc(-c6ccc(-c7ccc8c9ccccc9c9ccccc9c8c7)cc6C)c(C(C)C)c5)ccc4C(=C)/C=C\3)ccc21. The summed E-state index contributed by atoms with van der Waals surface area (Å²) < 4.78 is 0. The molecular formula is C62H52. The van der Waals surface area contributed by atoms with Gasteiger partial charge in [0.1, 0.15) is 0 Å². The van der Waals surface area contributed by atoms with Crippen LogP contribution < -0.4 is 0 Å². The van der Waals surface area contributed by atoms with Crippen LogP contribution in [-0.2, 0) is 0 Å². The summed E-state index contributed by atoms with van der Waals surface area (Å²) >= 11 is 0. The Balaban J connectivity index is 0.981. The molecule has 0 saturated carbocycles. The first-order valence-electron chi connectivity index (χ1n) is 22.1. The van der Waals surface area contributed by atoms with Gasteiger partial charge >= 0.3 is 0 Å². The molecular weight excluding hydrogens is 745 g/mol. The molecule has 8 aromatic carbocycles. The van der Waals surface area contributed by atoms with Crippen molar-refractivity contribution in [2.75, 3.05) is 0 Å². The van der Waals surface area contributed by atoms with Gasteiger partial charge in [0.05, 0.1) is 0 Å². The molecule has 10 rings (SSSR count). The molecule has 2 aliphatic carbocycles. The molecule has 0 fully saturated rings. The van der Waals surface area contributed by atoms with Gasteiger partial charge in [-0.3, -0.25) is 0 Å². The van der Waals surface area contributed by atoms with Crippen molar-refractivity contribution >= 4 is 49.0 Å². The summed E-state index contributed by atoms with van der Waals surface area (Å²) in [5, 5.41) is 7.82. The van der Waals surface area contributed by atoms with Crippen LogP contribution in [-0.4, -0.2) is 0 Å². The van der Waals surface area contributed by atoms with Crippen LogP contribution in [0.5, 0.6) is 0 Å². The molecule has 0 N–H and O–H groups in total. The van der Waals surface area contributed by atoms with Gasteiger partial charge in [0.15, 0.2) is 0 Å². The van der Waals surface area contributed by atoms with Crippen LogP contribution in [0.25, 0.3) is 82.4 Å². The van der Waals surface area contributed by atoms with Gasteiger partial charge in [-0.15, -0.1) is 0 Å². The van der Waals surface area contributed by atoms with E-state index in [1.807, 2.05) is 0 Å². The molecule has 0 aliphatic heterocycles. The zero-order chi connectivity index (χ0) is 42.6. The molecule has 0 nitrogen and oxygen atoms in total. The van der Waals surface area contributed by atoms with E-state index in [0.717, 1.165) is 11.1 Å². The van der Waals surface area contributed by atoms with Gasteiger partial charge in [-0.1, -0.05) is 205 Å². The minimum atomic E-state index is 0.185. The zero-order valence-corrected chi connectivity index (χ0v) is 36.5. The molecule has 0 aromatic heterocycles. The van der Waals surface area contributed by atoms with E-state index in [2.05, 4.69) is 230 Å². The highest BCUT2D eigenvalue weighted by atomic mass is 14.2. The van der Waals surface area contributed by atoms with Crippen LogP contribution in [0.1, 0.15) is 84.4 Å². The van der Waals surface area contributed by atoms with Gasteiger partial charge in [0.25, 0.3) is 0 Å². The third kappa shape index (κ3) is 6.91. The molecule has 2 atom stereocenters. The molecule has 2 unspecified atom stereocenters. The summed E-state index contributed by atoms with van der Waals surface area (Å²) in [5.74, 6) is 0.830. The van der Waals surface area contributed by atoms with Gasteiger partial charge in [0, 0.05) is 5.92 Å². The fourth-order valence-corrected chi connectivity index (χ4v) is 10.0. The number of allylic oxidation sites excluding steroid dienone is 10. The Labute approximate surface area is 367 Å². The fourth-order valence-electron chi connectivity index (χ4n) is 10.0. The maximum absolute atomic E-state index is 4.55. The van der Waals surface area contributed by atoms with Gasteiger partial charge in [0.2, 0.25) is 0 Å². The van der Waals surface area contributed by atoms with Gasteiger partial charge in [-0.05, 0) is 158 Å². The van der Waals surface area contributed by atoms with Crippen molar-refractivity contribution in [3.8, 4) is 33.4 Å². The second-order valence-electron chi connectivity index (χ2n) is 17.8. The van der Waals surface area contributed by atoms with E-state index in [1.54, 1.807) is 0 Å². The molecule has 2 aliphatic rings. The lowest BCUT2D eigenvalue weighted by Crippen LogP contribution is -2.02. The number of hydrogen-bond acceptors (Lipinski definition) is 0. The highest BCUT2D eigenvalue weighted by Gasteiger charge is 2.20. The first kappa shape index (κ1) is 39.1. The van der Waals surface area contributed by atoms with Crippen LogP contribution in [0.2, 0.25) is 0 Å². The molecule has 0 heteroatoms. The number of hydrogen-bond donors (Lipinski definition) is 0.